The Morgan fingerprint density at radius 1 is 1.40 bits per heavy atom. The minimum atomic E-state index is -0.286. The molecule has 0 aromatic heterocycles. The van der Waals surface area contributed by atoms with Crippen molar-refractivity contribution in [3.63, 3.8) is 0 Å². The Labute approximate surface area is 121 Å². The van der Waals surface area contributed by atoms with Crippen LogP contribution in [-0.2, 0) is 0 Å². The minimum absolute atomic E-state index is 0.201. The normalized spacial score (nSPS) is 19.1. The fraction of sp³-hybridized carbons (Fsp3) is 0.625. The van der Waals surface area contributed by atoms with E-state index in [1.54, 1.807) is 6.07 Å². The fourth-order valence-electron chi connectivity index (χ4n) is 3.04. The van der Waals surface area contributed by atoms with Crippen molar-refractivity contribution in [1.82, 2.24) is 4.90 Å². The summed E-state index contributed by atoms with van der Waals surface area (Å²) in [4.78, 5) is 4.53. The molecule has 1 saturated heterocycles. The third kappa shape index (κ3) is 3.49. The summed E-state index contributed by atoms with van der Waals surface area (Å²) >= 11 is 0. The van der Waals surface area contributed by atoms with Crippen molar-refractivity contribution in [2.45, 2.75) is 25.8 Å². The molecule has 1 aromatic rings. The first kappa shape index (κ1) is 15.3. The fourth-order valence-corrected chi connectivity index (χ4v) is 3.04. The van der Waals surface area contributed by atoms with Crippen LogP contribution in [0.2, 0.25) is 0 Å². The molecule has 3 nitrogen and oxygen atoms in total. The minimum Gasteiger partial charge on any atom is -0.374 e. The van der Waals surface area contributed by atoms with E-state index >= 15 is 0 Å². The van der Waals surface area contributed by atoms with Crippen LogP contribution in [0, 0.1) is 11.7 Å². The Balaban J connectivity index is 2.09. The second-order valence-corrected chi connectivity index (χ2v) is 6.09. The zero-order valence-electron chi connectivity index (χ0n) is 12.8. The Morgan fingerprint density at radius 3 is 2.65 bits per heavy atom. The number of hydrogen-bond donors (Lipinski definition) is 1. The molecule has 0 bridgehead atoms. The van der Waals surface area contributed by atoms with Crippen LogP contribution < -0.4 is 10.6 Å². The maximum absolute atomic E-state index is 14.0. The molecule has 1 aliphatic rings. The number of nitrogens with zero attached hydrogens (tertiary/aromatic N) is 2. The van der Waals surface area contributed by atoms with E-state index in [0.717, 1.165) is 25.3 Å². The van der Waals surface area contributed by atoms with Gasteiger partial charge in [0, 0.05) is 30.9 Å². The summed E-state index contributed by atoms with van der Waals surface area (Å²) in [5.74, 6) is 0.480. The first-order chi connectivity index (χ1) is 9.49. The monoisotopic (exact) mass is 279 g/mol. The highest BCUT2D eigenvalue weighted by Crippen LogP contribution is 2.28. The average molecular weight is 279 g/mol. The van der Waals surface area contributed by atoms with E-state index in [1.165, 1.54) is 18.9 Å². The maximum atomic E-state index is 14.0. The van der Waals surface area contributed by atoms with E-state index in [-0.39, 0.29) is 11.9 Å². The molecule has 0 radical (unpaired) electrons. The highest BCUT2D eigenvalue weighted by atomic mass is 19.1. The zero-order valence-corrected chi connectivity index (χ0v) is 12.8. The van der Waals surface area contributed by atoms with Gasteiger partial charge in [-0.25, -0.2) is 4.39 Å². The van der Waals surface area contributed by atoms with Crippen molar-refractivity contribution in [1.29, 1.82) is 0 Å². The molecule has 0 spiro atoms. The average Bonchev–Trinajstić information content (AvgIpc) is 2.40. The summed E-state index contributed by atoms with van der Waals surface area (Å²) in [6.07, 6.45) is 2.42. The van der Waals surface area contributed by atoms with Gasteiger partial charge in [-0.15, -0.1) is 0 Å². The number of benzene rings is 1. The predicted molar refractivity (Wildman–Crippen MR) is 82.5 cm³/mol. The van der Waals surface area contributed by atoms with E-state index in [9.17, 15) is 4.39 Å². The van der Waals surface area contributed by atoms with Crippen LogP contribution in [0.1, 0.15) is 31.4 Å². The third-order valence-corrected chi connectivity index (χ3v) is 4.27. The summed E-state index contributed by atoms with van der Waals surface area (Å²) in [5, 5.41) is 0. The molecule has 0 amide bonds. The van der Waals surface area contributed by atoms with E-state index in [1.807, 2.05) is 20.0 Å². The van der Waals surface area contributed by atoms with Crippen molar-refractivity contribution in [3.8, 4) is 0 Å². The Hall–Kier alpha value is -1.13. The lowest BCUT2D eigenvalue weighted by Gasteiger charge is -2.33. The van der Waals surface area contributed by atoms with Gasteiger partial charge < -0.3 is 15.5 Å². The maximum Gasteiger partial charge on any atom is 0.130 e. The first-order valence-corrected chi connectivity index (χ1v) is 7.42. The highest BCUT2D eigenvalue weighted by Gasteiger charge is 2.21. The van der Waals surface area contributed by atoms with Gasteiger partial charge >= 0.3 is 0 Å². The first-order valence-electron chi connectivity index (χ1n) is 7.42. The SMILES string of the molecule is C[C@H](N)c1c(F)cccc1N(C)CC1CCN(C)CC1. The molecule has 1 atom stereocenters. The molecule has 1 fully saturated rings. The van der Waals surface area contributed by atoms with Crippen molar-refractivity contribution >= 4 is 5.69 Å². The molecule has 4 heteroatoms. The number of halogens is 1. The van der Waals surface area contributed by atoms with Crippen LogP contribution in [0.5, 0.6) is 0 Å². The van der Waals surface area contributed by atoms with Gasteiger partial charge in [0.2, 0.25) is 0 Å². The zero-order chi connectivity index (χ0) is 14.7. The van der Waals surface area contributed by atoms with Gasteiger partial charge in [0.25, 0.3) is 0 Å². The van der Waals surface area contributed by atoms with Gasteiger partial charge in [0.15, 0.2) is 0 Å². The van der Waals surface area contributed by atoms with E-state index in [2.05, 4.69) is 16.8 Å². The Morgan fingerprint density at radius 2 is 2.05 bits per heavy atom. The van der Waals surface area contributed by atoms with Crippen molar-refractivity contribution in [2.24, 2.45) is 11.7 Å². The smallest absolute Gasteiger partial charge is 0.130 e. The number of hydrogen-bond acceptors (Lipinski definition) is 3. The molecule has 2 N–H and O–H groups in total. The summed E-state index contributed by atoms with van der Waals surface area (Å²) in [5.41, 5.74) is 7.49. The number of anilines is 1. The largest absolute Gasteiger partial charge is 0.374 e. The lowest BCUT2D eigenvalue weighted by molar-refractivity contribution is 0.222. The molecular formula is C16H26FN3. The van der Waals surface area contributed by atoms with Crippen molar-refractivity contribution in [3.05, 3.63) is 29.6 Å². The van der Waals surface area contributed by atoms with Crippen LogP contribution in [0.25, 0.3) is 0 Å². The Kier molecular flexibility index (Phi) is 5.00. The predicted octanol–water partition coefficient (Wildman–Crippen LogP) is 2.62. The molecular weight excluding hydrogens is 253 g/mol. The summed E-state index contributed by atoms with van der Waals surface area (Å²) in [6.45, 7) is 5.12. The topological polar surface area (TPSA) is 32.5 Å². The van der Waals surface area contributed by atoms with Gasteiger partial charge in [-0.2, -0.15) is 0 Å². The summed E-state index contributed by atoms with van der Waals surface area (Å²) in [7, 11) is 4.21. The van der Waals surface area contributed by atoms with Gasteiger partial charge in [0.05, 0.1) is 0 Å². The number of likely N-dealkylation sites (tertiary alicyclic amines) is 1. The van der Waals surface area contributed by atoms with Crippen LogP contribution in [0.4, 0.5) is 10.1 Å². The number of piperidine rings is 1. The molecule has 2 rings (SSSR count). The van der Waals surface area contributed by atoms with E-state index < -0.39 is 0 Å². The summed E-state index contributed by atoms with van der Waals surface area (Å²) in [6, 6.07) is 4.94. The van der Waals surface area contributed by atoms with Crippen LogP contribution in [0.3, 0.4) is 0 Å². The Bertz CT molecular complexity index is 439. The molecule has 1 aliphatic heterocycles. The standard InChI is InChI=1S/C16H26FN3/c1-12(18)16-14(17)5-4-6-15(16)20(3)11-13-7-9-19(2)10-8-13/h4-6,12-13H,7-11,18H2,1-3H3/t12-/m0/s1. The van der Waals surface area contributed by atoms with Crippen molar-refractivity contribution in [2.75, 3.05) is 38.6 Å². The van der Waals surface area contributed by atoms with Crippen LogP contribution in [0.15, 0.2) is 18.2 Å². The quantitative estimate of drug-likeness (QED) is 0.919. The van der Waals surface area contributed by atoms with Crippen LogP contribution in [-0.4, -0.2) is 38.6 Å². The molecule has 112 valence electrons. The van der Waals surface area contributed by atoms with E-state index in [4.69, 9.17) is 5.73 Å². The third-order valence-electron chi connectivity index (χ3n) is 4.27. The van der Waals surface area contributed by atoms with E-state index in [0.29, 0.717) is 11.5 Å². The summed E-state index contributed by atoms with van der Waals surface area (Å²) < 4.78 is 14.0. The molecule has 0 saturated carbocycles. The lowest BCUT2D eigenvalue weighted by atomic mass is 9.96. The second kappa shape index (κ2) is 6.55. The molecule has 0 aliphatic carbocycles. The molecule has 0 unspecified atom stereocenters. The van der Waals surface area contributed by atoms with Gasteiger partial charge in [-0.1, -0.05) is 6.07 Å². The van der Waals surface area contributed by atoms with Crippen molar-refractivity contribution < 1.29 is 4.39 Å². The molecule has 20 heavy (non-hydrogen) atoms. The number of nitrogens with two attached hydrogens (primary N) is 1. The number of rotatable bonds is 4. The second-order valence-electron chi connectivity index (χ2n) is 6.09. The van der Waals surface area contributed by atoms with Crippen LogP contribution >= 0.6 is 0 Å². The van der Waals surface area contributed by atoms with Gasteiger partial charge in [-0.05, 0) is 58.0 Å². The van der Waals surface area contributed by atoms with Gasteiger partial charge in [0.1, 0.15) is 5.82 Å². The van der Waals surface area contributed by atoms with Gasteiger partial charge in [-0.3, -0.25) is 0 Å². The highest BCUT2D eigenvalue weighted by molar-refractivity contribution is 5.55. The lowest BCUT2D eigenvalue weighted by Crippen LogP contribution is -2.36. The molecule has 1 heterocycles. The molecule has 1 aromatic carbocycles.